The van der Waals surface area contributed by atoms with Crippen LogP contribution in [0.5, 0.6) is 0 Å². The molecule has 1 heterocycles. The van der Waals surface area contributed by atoms with Crippen LogP contribution >= 0.6 is 12.2 Å². The number of thiocarbonyl (C=S) groups is 1. The van der Waals surface area contributed by atoms with E-state index in [2.05, 4.69) is 46.6 Å². The standard InChI is InChI=1S/C13H12N2S/c16-13(15-8-9-15)14-12-7-3-5-10-4-1-2-6-11(10)12/h1-7H,8-9H2,(H,14,16). The van der Waals surface area contributed by atoms with Gasteiger partial charge in [0, 0.05) is 24.2 Å². The fourth-order valence-corrected chi connectivity index (χ4v) is 2.07. The van der Waals surface area contributed by atoms with Crippen molar-refractivity contribution in [3.05, 3.63) is 42.5 Å². The first kappa shape index (κ1) is 9.60. The summed E-state index contributed by atoms with van der Waals surface area (Å²) in [5, 5.41) is 6.59. The molecule has 3 rings (SSSR count). The summed E-state index contributed by atoms with van der Waals surface area (Å²) in [4.78, 5) is 2.14. The minimum Gasteiger partial charge on any atom is -0.345 e. The Labute approximate surface area is 99.9 Å². The molecule has 1 saturated heterocycles. The van der Waals surface area contributed by atoms with Crippen LogP contribution < -0.4 is 5.32 Å². The van der Waals surface area contributed by atoms with Crippen molar-refractivity contribution >= 4 is 33.8 Å². The van der Waals surface area contributed by atoms with Gasteiger partial charge in [-0.05, 0) is 23.7 Å². The molecule has 0 spiro atoms. The molecular weight excluding hydrogens is 216 g/mol. The quantitative estimate of drug-likeness (QED) is 0.597. The molecule has 80 valence electrons. The second kappa shape index (κ2) is 3.76. The topological polar surface area (TPSA) is 15.0 Å². The Hall–Kier alpha value is -1.61. The lowest BCUT2D eigenvalue weighted by atomic mass is 10.1. The molecule has 1 N–H and O–H groups in total. The number of benzene rings is 2. The third kappa shape index (κ3) is 1.74. The molecular formula is C13H12N2S. The predicted octanol–water partition coefficient (Wildman–Crippen LogP) is 2.85. The zero-order valence-corrected chi connectivity index (χ0v) is 9.63. The highest BCUT2D eigenvalue weighted by atomic mass is 32.1. The first-order valence-corrected chi connectivity index (χ1v) is 5.79. The van der Waals surface area contributed by atoms with Crippen LogP contribution in [0.1, 0.15) is 0 Å². The summed E-state index contributed by atoms with van der Waals surface area (Å²) in [6, 6.07) is 14.6. The van der Waals surface area contributed by atoms with Crippen LogP contribution in [0.15, 0.2) is 42.5 Å². The van der Waals surface area contributed by atoms with Crippen molar-refractivity contribution in [2.45, 2.75) is 0 Å². The molecule has 1 aliphatic rings. The van der Waals surface area contributed by atoms with Crippen LogP contribution in [0.25, 0.3) is 10.8 Å². The number of anilines is 1. The van der Waals surface area contributed by atoms with E-state index in [4.69, 9.17) is 12.2 Å². The van der Waals surface area contributed by atoms with Crippen LogP contribution in [0.2, 0.25) is 0 Å². The summed E-state index contributed by atoms with van der Waals surface area (Å²) in [7, 11) is 0. The minimum absolute atomic E-state index is 0.830. The maximum atomic E-state index is 5.30. The predicted molar refractivity (Wildman–Crippen MR) is 71.7 cm³/mol. The average molecular weight is 228 g/mol. The Balaban J connectivity index is 1.99. The van der Waals surface area contributed by atoms with Gasteiger partial charge in [-0.15, -0.1) is 0 Å². The Bertz CT molecular complexity index is 541. The van der Waals surface area contributed by atoms with Crippen molar-refractivity contribution in [2.24, 2.45) is 0 Å². The maximum Gasteiger partial charge on any atom is 0.173 e. The van der Waals surface area contributed by atoms with Crippen LogP contribution in [0.4, 0.5) is 5.69 Å². The Morgan fingerprint density at radius 2 is 1.81 bits per heavy atom. The molecule has 1 fully saturated rings. The molecule has 0 bridgehead atoms. The molecule has 2 aromatic rings. The second-order valence-corrected chi connectivity index (χ2v) is 4.33. The number of hydrogen-bond acceptors (Lipinski definition) is 1. The average Bonchev–Trinajstić information content (AvgIpc) is 3.13. The molecule has 0 aliphatic carbocycles. The third-order valence-corrected chi connectivity index (χ3v) is 3.13. The van der Waals surface area contributed by atoms with Crippen molar-refractivity contribution in [3.63, 3.8) is 0 Å². The fourth-order valence-electron chi connectivity index (χ4n) is 1.78. The minimum atomic E-state index is 0.830. The van der Waals surface area contributed by atoms with Gasteiger partial charge < -0.3 is 10.2 Å². The summed E-state index contributed by atoms with van der Waals surface area (Å²) in [5.74, 6) is 0. The summed E-state index contributed by atoms with van der Waals surface area (Å²) in [5.41, 5.74) is 1.09. The number of hydrogen-bond donors (Lipinski definition) is 1. The number of fused-ring (bicyclic) bond motifs is 1. The van der Waals surface area contributed by atoms with E-state index in [1.54, 1.807) is 0 Å². The van der Waals surface area contributed by atoms with E-state index in [0.717, 1.165) is 23.9 Å². The molecule has 0 amide bonds. The van der Waals surface area contributed by atoms with E-state index >= 15 is 0 Å². The Morgan fingerprint density at radius 3 is 2.62 bits per heavy atom. The highest BCUT2D eigenvalue weighted by molar-refractivity contribution is 7.80. The Kier molecular flexibility index (Phi) is 2.26. The summed E-state index contributed by atoms with van der Waals surface area (Å²) < 4.78 is 0. The van der Waals surface area contributed by atoms with Crippen LogP contribution in [-0.4, -0.2) is 23.1 Å². The van der Waals surface area contributed by atoms with Gasteiger partial charge in [-0.1, -0.05) is 36.4 Å². The van der Waals surface area contributed by atoms with Crippen molar-refractivity contribution in [1.29, 1.82) is 0 Å². The van der Waals surface area contributed by atoms with Crippen molar-refractivity contribution in [2.75, 3.05) is 18.4 Å². The molecule has 16 heavy (non-hydrogen) atoms. The molecule has 0 unspecified atom stereocenters. The van der Waals surface area contributed by atoms with E-state index in [1.165, 1.54) is 10.8 Å². The largest absolute Gasteiger partial charge is 0.345 e. The van der Waals surface area contributed by atoms with Crippen molar-refractivity contribution in [1.82, 2.24) is 4.90 Å². The summed E-state index contributed by atoms with van der Waals surface area (Å²) in [6.07, 6.45) is 0. The molecule has 1 aliphatic heterocycles. The zero-order valence-electron chi connectivity index (χ0n) is 8.81. The molecule has 0 radical (unpaired) electrons. The van der Waals surface area contributed by atoms with Gasteiger partial charge in [0.1, 0.15) is 0 Å². The van der Waals surface area contributed by atoms with Gasteiger partial charge in [-0.2, -0.15) is 0 Å². The monoisotopic (exact) mass is 228 g/mol. The lowest BCUT2D eigenvalue weighted by Crippen LogP contribution is -2.18. The van der Waals surface area contributed by atoms with Gasteiger partial charge in [0.05, 0.1) is 0 Å². The van der Waals surface area contributed by atoms with E-state index < -0.39 is 0 Å². The van der Waals surface area contributed by atoms with Crippen molar-refractivity contribution < 1.29 is 0 Å². The van der Waals surface area contributed by atoms with Gasteiger partial charge in [0.2, 0.25) is 0 Å². The molecule has 0 aromatic heterocycles. The number of rotatable bonds is 1. The van der Waals surface area contributed by atoms with E-state index in [1.807, 2.05) is 6.07 Å². The fraction of sp³-hybridized carbons (Fsp3) is 0.154. The maximum absolute atomic E-state index is 5.30. The van der Waals surface area contributed by atoms with Crippen LogP contribution in [0.3, 0.4) is 0 Å². The first-order valence-electron chi connectivity index (χ1n) is 5.38. The second-order valence-electron chi connectivity index (χ2n) is 3.94. The number of nitrogens with one attached hydrogen (secondary N) is 1. The smallest absolute Gasteiger partial charge is 0.173 e. The molecule has 2 aromatic carbocycles. The highest BCUT2D eigenvalue weighted by Gasteiger charge is 2.20. The van der Waals surface area contributed by atoms with Gasteiger partial charge in [-0.3, -0.25) is 0 Å². The zero-order chi connectivity index (χ0) is 11.0. The molecule has 3 heteroatoms. The lowest BCUT2D eigenvalue weighted by molar-refractivity contribution is 0.862. The molecule has 2 nitrogen and oxygen atoms in total. The van der Waals surface area contributed by atoms with Crippen molar-refractivity contribution in [3.8, 4) is 0 Å². The Morgan fingerprint density at radius 1 is 1.06 bits per heavy atom. The van der Waals surface area contributed by atoms with Gasteiger partial charge >= 0.3 is 0 Å². The van der Waals surface area contributed by atoms with Crippen LogP contribution in [-0.2, 0) is 0 Å². The highest BCUT2D eigenvalue weighted by Crippen LogP contribution is 2.23. The summed E-state index contributed by atoms with van der Waals surface area (Å²) >= 11 is 5.30. The number of nitrogens with zero attached hydrogens (tertiary/aromatic N) is 1. The lowest BCUT2D eigenvalue weighted by Gasteiger charge is -2.11. The van der Waals surface area contributed by atoms with E-state index in [9.17, 15) is 0 Å². The normalized spacial score (nSPS) is 13.9. The first-order chi connectivity index (χ1) is 7.84. The van der Waals surface area contributed by atoms with E-state index in [0.29, 0.717) is 0 Å². The molecule has 0 atom stereocenters. The molecule has 0 saturated carbocycles. The van der Waals surface area contributed by atoms with Gasteiger partial charge in [0.15, 0.2) is 5.11 Å². The van der Waals surface area contributed by atoms with Gasteiger partial charge in [-0.25, -0.2) is 0 Å². The summed E-state index contributed by atoms with van der Waals surface area (Å²) in [6.45, 7) is 2.16. The van der Waals surface area contributed by atoms with Crippen LogP contribution in [0, 0.1) is 0 Å². The SMILES string of the molecule is S=C(Nc1cccc2ccccc12)N1CC1. The van der Waals surface area contributed by atoms with E-state index in [-0.39, 0.29) is 0 Å². The third-order valence-electron chi connectivity index (χ3n) is 2.77. The van der Waals surface area contributed by atoms with Gasteiger partial charge in [0.25, 0.3) is 0 Å².